The van der Waals surface area contributed by atoms with Gasteiger partial charge in [0.15, 0.2) is 9.84 Å². The van der Waals surface area contributed by atoms with Gasteiger partial charge in [0.05, 0.1) is 15.9 Å². The first-order valence-electron chi connectivity index (χ1n) is 8.15. The zero-order valence-corrected chi connectivity index (χ0v) is 17.2. The van der Waals surface area contributed by atoms with Crippen LogP contribution in [-0.4, -0.2) is 45.0 Å². The van der Waals surface area contributed by atoms with Gasteiger partial charge in [0, 0.05) is 0 Å². The first-order valence-corrected chi connectivity index (χ1v) is 11.4. The second-order valence-corrected chi connectivity index (χ2v) is 9.89. The maximum absolute atomic E-state index is 12.5. The summed E-state index contributed by atoms with van der Waals surface area (Å²) in [7, 11) is -7.88. The third kappa shape index (κ3) is 7.22. The van der Waals surface area contributed by atoms with E-state index < -0.39 is 42.9 Å². The number of carboxylic acids is 1. The Balaban J connectivity index is 0.00000625. The van der Waals surface area contributed by atoms with Crippen molar-refractivity contribution in [2.75, 3.05) is 5.75 Å². The third-order valence-electron chi connectivity index (χ3n) is 3.78. The zero-order chi connectivity index (χ0) is 19.1. The second-order valence-electron chi connectivity index (χ2n) is 5.85. The van der Waals surface area contributed by atoms with Gasteiger partial charge < -0.3 is 5.11 Å². The van der Waals surface area contributed by atoms with E-state index in [2.05, 4.69) is 0 Å². The van der Waals surface area contributed by atoms with Crippen molar-refractivity contribution >= 4 is 38.2 Å². The SMILES string of the molecule is CCCC(CCC)S(=O)(=O)C[C@H](NS(=O)(=O)c1ccccc1)C(=O)O.Cl. The molecule has 150 valence electrons. The van der Waals surface area contributed by atoms with Gasteiger partial charge in [-0.15, -0.1) is 12.4 Å². The Hall–Kier alpha value is -1.16. The van der Waals surface area contributed by atoms with Crippen molar-refractivity contribution in [1.82, 2.24) is 4.72 Å². The van der Waals surface area contributed by atoms with Crippen molar-refractivity contribution in [3.05, 3.63) is 30.3 Å². The number of benzene rings is 1. The van der Waals surface area contributed by atoms with Gasteiger partial charge in [0.2, 0.25) is 10.0 Å². The number of rotatable bonds is 11. The van der Waals surface area contributed by atoms with Crippen LogP contribution in [0.15, 0.2) is 35.2 Å². The summed E-state index contributed by atoms with van der Waals surface area (Å²) in [6.07, 6.45) is 2.15. The number of hydrogen-bond acceptors (Lipinski definition) is 5. The Morgan fingerprint density at radius 2 is 1.54 bits per heavy atom. The molecular weight excluding hydrogens is 402 g/mol. The summed E-state index contributed by atoms with van der Waals surface area (Å²) in [5.74, 6) is -2.28. The molecule has 10 heteroatoms. The quantitative estimate of drug-likeness (QED) is 0.559. The molecule has 1 rings (SSSR count). The molecule has 1 aromatic carbocycles. The van der Waals surface area contributed by atoms with Gasteiger partial charge in [-0.3, -0.25) is 4.79 Å². The minimum atomic E-state index is -4.12. The minimum Gasteiger partial charge on any atom is -0.480 e. The van der Waals surface area contributed by atoms with E-state index >= 15 is 0 Å². The highest BCUT2D eigenvalue weighted by Crippen LogP contribution is 2.17. The molecule has 0 saturated carbocycles. The summed E-state index contributed by atoms with van der Waals surface area (Å²) < 4.78 is 51.7. The molecule has 0 aliphatic carbocycles. The van der Waals surface area contributed by atoms with Crippen LogP contribution in [0.1, 0.15) is 39.5 Å². The maximum Gasteiger partial charge on any atom is 0.322 e. The first-order chi connectivity index (χ1) is 11.6. The van der Waals surface area contributed by atoms with Crippen LogP contribution in [0.3, 0.4) is 0 Å². The Bertz CT molecular complexity index is 759. The van der Waals surface area contributed by atoms with Crippen LogP contribution < -0.4 is 4.72 Å². The predicted molar refractivity (Wildman–Crippen MR) is 103 cm³/mol. The highest BCUT2D eigenvalue weighted by atomic mass is 35.5. The van der Waals surface area contributed by atoms with E-state index in [0.29, 0.717) is 25.7 Å². The number of sulfone groups is 1. The van der Waals surface area contributed by atoms with E-state index in [4.69, 9.17) is 0 Å². The minimum absolute atomic E-state index is 0. The average Bonchev–Trinajstić information content (AvgIpc) is 2.54. The van der Waals surface area contributed by atoms with E-state index in [0.717, 1.165) is 0 Å². The summed E-state index contributed by atoms with van der Waals surface area (Å²) in [5, 5.41) is 8.64. The molecule has 1 aromatic rings. The molecule has 0 amide bonds. The van der Waals surface area contributed by atoms with E-state index in [-0.39, 0.29) is 17.3 Å². The van der Waals surface area contributed by atoms with Crippen molar-refractivity contribution in [3.8, 4) is 0 Å². The third-order valence-corrected chi connectivity index (χ3v) is 7.55. The lowest BCUT2D eigenvalue weighted by molar-refractivity contribution is -0.138. The van der Waals surface area contributed by atoms with Crippen LogP contribution in [0.2, 0.25) is 0 Å². The molecule has 0 spiro atoms. The van der Waals surface area contributed by atoms with Crippen LogP contribution >= 0.6 is 12.4 Å². The highest BCUT2D eigenvalue weighted by molar-refractivity contribution is 7.92. The smallest absolute Gasteiger partial charge is 0.322 e. The Morgan fingerprint density at radius 1 is 1.04 bits per heavy atom. The zero-order valence-electron chi connectivity index (χ0n) is 14.8. The lowest BCUT2D eigenvalue weighted by Crippen LogP contribution is -2.46. The van der Waals surface area contributed by atoms with Crippen LogP contribution in [0.25, 0.3) is 0 Å². The number of hydrogen-bond donors (Lipinski definition) is 2. The molecule has 0 fully saturated rings. The van der Waals surface area contributed by atoms with Gasteiger partial charge in [-0.2, -0.15) is 4.72 Å². The maximum atomic E-state index is 12.5. The fourth-order valence-corrected chi connectivity index (χ4v) is 5.99. The van der Waals surface area contributed by atoms with Crippen LogP contribution in [0.4, 0.5) is 0 Å². The van der Waals surface area contributed by atoms with Gasteiger partial charge >= 0.3 is 5.97 Å². The molecule has 0 unspecified atom stereocenters. The van der Waals surface area contributed by atoms with E-state index in [9.17, 15) is 26.7 Å². The molecule has 1 atom stereocenters. The molecule has 0 saturated heterocycles. The lowest BCUT2D eigenvalue weighted by atomic mass is 10.2. The van der Waals surface area contributed by atoms with Gasteiger partial charge in [-0.25, -0.2) is 16.8 Å². The van der Waals surface area contributed by atoms with Crippen molar-refractivity contribution in [1.29, 1.82) is 0 Å². The second kappa shape index (κ2) is 10.9. The summed E-state index contributed by atoms with van der Waals surface area (Å²) in [6.45, 7) is 3.70. The van der Waals surface area contributed by atoms with Crippen molar-refractivity contribution in [2.24, 2.45) is 0 Å². The lowest BCUT2D eigenvalue weighted by Gasteiger charge is -2.20. The predicted octanol–water partition coefficient (Wildman–Crippen LogP) is 2.22. The molecule has 0 bridgehead atoms. The largest absolute Gasteiger partial charge is 0.480 e. The molecule has 0 aliphatic heterocycles. The highest BCUT2D eigenvalue weighted by Gasteiger charge is 2.33. The molecule has 0 heterocycles. The molecule has 0 aliphatic rings. The molecule has 0 radical (unpaired) electrons. The Kier molecular flexibility index (Phi) is 10.4. The number of nitrogens with one attached hydrogen (secondary N) is 1. The molecule has 7 nitrogen and oxygen atoms in total. The van der Waals surface area contributed by atoms with Gasteiger partial charge in [0.25, 0.3) is 0 Å². The molecule has 2 N–H and O–H groups in total. The van der Waals surface area contributed by atoms with Gasteiger partial charge in [-0.05, 0) is 25.0 Å². The first kappa shape index (κ1) is 24.8. The number of aliphatic carboxylic acids is 1. The summed E-state index contributed by atoms with van der Waals surface area (Å²) in [4.78, 5) is 11.3. The molecule has 26 heavy (non-hydrogen) atoms. The van der Waals surface area contributed by atoms with E-state index in [1.165, 1.54) is 24.3 Å². The van der Waals surface area contributed by atoms with Crippen molar-refractivity contribution in [2.45, 2.75) is 55.7 Å². The summed E-state index contributed by atoms with van der Waals surface area (Å²) in [6, 6.07) is 5.52. The Morgan fingerprint density at radius 3 is 1.96 bits per heavy atom. The number of halogens is 1. The van der Waals surface area contributed by atoms with Crippen LogP contribution in [0.5, 0.6) is 0 Å². The Labute approximate surface area is 161 Å². The monoisotopic (exact) mass is 427 g/mol. The van der Waals surface area contributed by atoms with E-state index in [1.54, 1.807) is 6.07 Å². The number of carboxylic acid groups (broad SMARTS) is 1. The topological polar surface area (TPSA) is 118 Å². The molecule has 0 aromatic heterocycles. The average molecular weight is 428 g/mol. The fraction of sp³-hybridized carbons (Fsp3) is 0.562. The standard InChI is InChI=1S/C16H25NO6S2.ClH/c1-3-8-13(9-4-2)24(20,21)12-15(16(18)19)17-25(22,23)14-10-6-5-7-11-14;/h5-7,10-11,13,15,17H,3-4,8-9,12H2,1-2H3,(H,18,19);1H/t15-;/m0./s1. The van der Waals surface area contributed by atoms with Crippen molar-refractivity contribution < 1.29 is 26.7 Å². The molecular formula is C16H26ClNO6S2. The number of carbonyl (C=O) groups is 1. The summed E-state index contributed by atoms with van der Waals surface area (Å²) >= 11 is 0. The van der Waals surface area contributed by atoms with Gasteiger partial charge in [0.1, 0.15) is 6.04 Å². The fourth-order valence-electron chi connectivity index (χ4n) is 2.53. The van der Waals surface area contributed by atoms with Gasteiger partial charge in [-0.1, -0.05) is 44.9 Å². The summed E-state index contributed by atoms with van der Waals surface area (Å²) in [5.41, 5.74) is 0. The van der Waals surface area contributed by atoms with Crippen LogP contribution in [-0.2, 0) is 24.7 Å². The van der Waals surface area contributed by atoms with E-state index in [1.807, 2.05) is 18.6 Å². The van der Waals surface area contributed by atoms with Crippen LogP contribution in [0, 0.1) is 0 Å². The normalized spacial score (nSPS) is 13.2. The van der Waals surface area contributed by atoms with Crippen molar-refractivity contribution in [3.63, 3.8) is 0 Å². The number of sulfonamides is 1.